The Morgan fingerprint density at radius 1 is 0.958 bits per heavy atom. The van der Waals surface area contributed by atoms with E-state index in [0.29, 0.717) is 5.92 Å². The Morgan fingerprint density at radius 2 is 1.75 bits per heavy atom. The first kappa shape index (κ1) is 16.2. The van der Waals surface area contributed by atoms with Crippen molar-refractivity contribution in [3.05, 3.63) is 84.6 Å². The van der Waals surface area contributed by atoms with Gasteiger partial charge in [-0.15, -0.1) is 0 Å². The number of pyridine rings is 1. The van der Waals surface area contributed by atoms with Crippen LogP contribution in [0.1, 0.15) is 25.0 Å². The van der Waals surface area contributed by atoms with E-state index in [1.807, 2.05) is 18.3 Å². The zero-order valence-electron chi connectivity index (χ0n) is 14.4. The fourth-order valence-electron chi connectivity index (χ4n) is 2.99. The Kier molecular flexibility index (Phi) is 4.90. The van der Waals surface area contributed by atoms with Crippen LogP contribution in [0.2, 0.25) is 0 Å². The molecule has 0 spiro atoms. The number of hydrogen-bond acceptors (Lipinski definition) is 1. The van der Waals surface area contributed by atoms with E-state index in [1.54, 1.807) is 0 Å². The van der Waals surface area contributed by atoms with Gasteiger partial charge >= 0.3 is 0 Å². The molecule has 1 heterocycles. The van der Waals surface area contributed by atoms with Crippen molar-refractivity contribution in [2.75, 3.05) is 0 Å². The lowest BCUT2D eigenvalue weighted by Gasteiger charge is -2.11. The minimum absolute atomic E-state index is 0.634. The van der Waals surface area contributed by atoms with Gasteiger partial charge in [-0.3, -0.25) is 4.98 Å². The Balaban J connectivity index is 2.07. The van der Waals surface area contributed by atoms with Crippen molar-refractivity contribution < 1.29 is 0 Å². The van der Waals surface area contributed by atoms with Gasteiger partial charge in [0.2, 0.25) is 0 Å². The van der Waals surface area contributed by atoms with E-state index in [0.717, 1.165) is 23.2 Å². The largest absolute Gasteiger partial charge is 0.256 e. The highest BCUT2D eigenvalue weighted by Crippen LogP contribution is 2.30. The Bertz CT molecular complexity index is 832. The highest BCUT2D eigenvalue weighted by molar-refractivity contribution is 5.79. The zero-order chi connectivity index (χ0) is 16.9. The Morgan fingerprint density at radius 3 is 2.46 bits per heavy atom. The van der Waals surface area contributed by atoms with Gasteiger partial charge in [-0.05, 0) is 52.8 Å². The second-order valence-corrected chi connectivity index (χ2v) is 6.52. The maximum Gasteiger partial charge on any atom is 0.0710 e. The van der Waals surface area contributed by atoms with Crippen molar-refractivity contribution in [2.24, 2.45) is 5.92 Å². The van der Waals surface area contributed by atoms with Crippen LogP contribution in [0.15, 0.2) is 73.4 Å². The van der Waals surface area contributed by atoms with Gasteiger partial charge in [-0.25, -0.2) is 0 Å². The van der Waals surface area contributed by atoms with Crippen molar-refractivity contribution in [1.29, 1.82) is 0 Å². The van der Waals surface area contributed by atoms with Gasteiger partial charge in [0.25, 0.3) is 0 Å². The first-order chi connectivity index (χ1) is 11.7. The summed E-state index contributed by atoms with van der Waals surface area (Å²) in [6.07, 6.45) is 4.88. The molecule has 0 saturated heterocycles. The van der Waals surface area contributed by atoms with Crippen LogP contribution in [0.4, 0.5) is 0 Å². The molecule has 0 unspecified atom stereocenters. The van der Waals surface area contributed by atoms with Gasteiger partial charge in [-0.1, -0.05) is 69.0 Å². The van der Waals surface area contributed by atoms with Gasteiger partial charge in [0.15, 0.2) is 0 Å². The Labute approximate surface area is 144 Å². The molecule has 0 N–H and O–H groups in total. The number of aromatic nitrogens is 1. The summed E-state index contributed by atoms with van der Waals surface area (Å²) in [7, 11) is 0. The van der Waals surface area contributed by atoms with Crippen molar-refractivity contribution in [1.82, 2.24) is 4.98 Å². The summed E-state index contributed by atoms with van der Waals surface area (Å²) in [5, 5.41) is 0. The average molecular weight is 313 g/mol. The molecule has 24 heavy (non-hydrogen) atoms. The third-order valence-corrected chi connectivity index (χ3v) is 4.12. The molecule has 0 radical (unpaired) electrons. The maximum atomic E-state index is 4.61. The molecule has 1 nitrogen and oxygen atoms in total. The smallest absolute Gasteiger partial charge is 0.0710 e. The number of rotatable bonds is 5. The van der Waals surface area contributed by atoms with Crippen LogP contribution in [-0.4, -0.2) is 4.98 Å². The van der Waals surface area contributed by atoms with Gasteiger partial charge in [0.05, 0.1) is 5.69 Å². The van der Waals surface area contributed by atoms with E-state index in [4.69, 9.17) is 0 Å². The maximum absolute atomic E-state index is 4.61. The summed E-state index contributed by atoms with van der Waals surface area (Å²) in [5.74, 6) is 0.634. The predicted octanol–water partition coefficient (Wildman–Crippen LogP) is 6.26. The first-order valence-electron chi connectivity index (χ1n) is 8.44. The number of benzene rings is 2. The molecule has 3 rings (SSSR count). The van der Waals surface area contributed by atoms with Crippen LogP contribution in [0.25, 0.3) is 28.5 Å². The second-order valence-electron chi connectivity index (χ2n) is 6.52. The third-order valence-electron chi connectivity index (χ3n) is 4.12. The van der Waals surface area contributed by atoms with Crippen molar-refractivity contribution in [3.63, 3.8) is 0 Å². The van der Waals surface area contributed by atoms with Gasteiger partial charge < -0.3 is 0 Å². The van der Waals surface area contributed by atoms with Crippen LogP contribution in [-0.2, 0) is 6.42 Å². The Hall–Kier alpha value is -2.67. The molecule has 0 amide bonds. The predicted molar refractivity (Wildman–Crippen MR) is 104 cm³/mol. The fourth-order valence-corrected chi connectivity index (χ4v) is 2.99. The van der Waals surface area contributed by atoms with Crippen molar-refractivity contribution >= 4 is 6.08 Å². The minimum atomic E-state index is 0.634. The molecule has 120 valence electrons. The van der Waals surface area contributed by atoms with Crippen LogP contribution in [0.5, 0.6) is 0 Å². The highest BCUT2D eigenvalue weighted by Gasteiger charge is 2.08. The molecular formula is C23H23N. The van der Waals surface area contributed by atoms with Gasteiger partial charge in [0.1, 0.15) is 0 Å². The molecule has 1 heteroatoms. The first-order valence-corrected chi connectivity index (χ1v) is 8.44. The van der Waals surface area contributed by atoms with Crippen molar-refractivity contribution in [3.8, 4) is 22.4 Å². The summed E-state index contributed by atoms with van der Waals surface area (Å²) in [6, 6.07) is 21.2. The molecule has 0 fully saturated rings. The average Bonchev–Trinajstić information content (AvgIpc) is 2.61. The lowest BCUT2D eigenvalue weighted by molar-refractivity contribution is 0.647. The molecular weight excluding hydrogens is 290 g/mol. The van der Waals surface area contributed by atoms with E-state index in [1.165, 1.54) is 16.7 Å². The van der Waals surface area contributed by atoms with Crippen molar-refractivity contribution in [2.45, 2.75) is 20.3 Å². The molecule has 3 aromatic rings. The van der Waals surface area contributed by atoms with Crippen LogP contribution in [0.3, 0.4) is 0 Å². The zero-order valence-corrected chi connectivity index (χ0v) is 14.4. The highest BCUT2D eigenvalue weighted by atomic mass is 14.7. The molecule has 2 aromatic carbocycles. The third kappa shape index (κ3) is 3.62. The second kappa shape index (κ2) is 7.27. The monoisotopic (exact) mass is 313 g/mol. The summed E-state index contributed by atoms with van der Waals surface area (Å²) < 4.78 is 0. The number of hydrogen-bond donors (Lipinski definition) is 0. The fraction of sp³-hybridized carbons (Fsp3) is 0.174. The van der Waals surface area contributed by atoms with E-state index in [9.17, 15) is 0 Å². The SMILES string of the molecule is C=Cc1ccc(-c2ccccc2)cc1-c1cc(CC(C)C)ccn1. The van der Waals surface area contributed by atoms with Crippen LogP contribution in [0, 0.1) is 5.92 Å². The van der Waals surface area contributed by atoms with E-state index in [2.05, 4.69) is 80.0 Å². The van der Waals surface area contributed by atoms with E-state index in [-0.39, 0.29) is 0 Å². The summed E-state index contributed by atoms with van der Waals surface area (Å²) in [4.78, 5) is 4.61. The lowest BCUT2D eigenvalue weighted by Crippen LogP contribution is -1.96. The molecule has 0 aliphatic carbocycles. The summed E-state index contributed by atoms with van der Waals surface area (Å²) in [6.45, 7) is 8.45. The normalized spacial score (nSPS) is 10.8. The standard InChI is InChI=1S/C23H23N/c1-4-19-10-11-21(20-8-6-5-7-9-20)16-22(19)23-15-18(12-13-24-23)14-17(2)3/h4-13,15-17H,1,14H2,2-3H3. The van der Waals surface area contributed by atoms with E-state index < -0.39 is 0 Å². The number of nitrogens with zero attached hydrogens (tertiary/aromatic N) is 1. The summed E-state index contributed by atoms with van der Waals surface area (Å²) >= 11 is 0. The molecule has 0 bridgehead atoms. The van der Waals surface area contributed by atoms with Crippen LogP contribution >= 0.6 is 0 Å². The molecule has 1 aromatic heterocycles. The molecule has 0 saturated carbocycles. The molecule has 0 atom stereocenters. The molecule has 0 aliphatic heterocycles. The van der Waals surface area contributed by atoms with Gasteiger partial charge in [0, 0.05) is 11.8 Å². The molecule has 0 aliphatic rings. The lowest BCUT2D eigenvalue weighted by atomic mass is 9.95. The van der Waals surface area contributed by atoms with E-state index >= 15 is 0 Å². The summed E-state index contributed by atoms with van der Waals surface area (Å²) in [5.41, 5.74) is 7.01. The van der Waals surface area contributed by atoms with Gasteiger partial charge in [-0.2, -0.15) is 0 Å². The minimum Gasteiger partial charge on any atom is -0.256 e. The quantitative estimate of drug-likeness (QED) is 0.542. The topological polar surface area (TPSA) is 12.9 Å². The van der Waals surface area contributed by atoms with Crippen LogP contribution < -0.4 is 0 Å².